The molecule has 2 rings (SSSR count). The highest BCUT2D eigenvalue weighted by atomic mass is 16.2. The van der Waals surface area contributed by atoms with Gasteiger partial charge in [-0.1, -0.05) is 44.2 Å². The van der Waals surface area contributed by atoms with Gasteiger partial charge < -0.3 is 10.6 Å². The molecule has 2 N–H and O–H groups in total. The van der Waals surface area contributed by atoms with Crippen molar-refractivity contribution in [1.82, 2.24) is 9.80 Å². The fourth-order valence-corrected chi connectivity index (χ4v) is 3.03. The molecule has 1 fully saturated rings. The molecular formula is C18H29N3O. The van der Waals surface area contributed by atoms with E-state index in [0.29, 0.717) is 0 Å². The van der Waals surface area contributed by atoms with E-state index in [-0.39, 0.29) is 17.9 Å². The summed E-state index contributed by atoms with van der Waals surface area (Å²) in [6.45, 7) is 6.99. The zero-order chi connectivity index (χ0) is 16.1. The number of rotatable bonds is 5. The van der Waals surface area contributed by atoms with Gasteiger partial charge in [0, 0.05) is 26.2 Å². The summed E-state index contributed by atoms with van der Waals surface area (Å²) in [5.74, 6) is 0.250. The number of nitrogens with two attached hydrogens (primary N) is 1. The van der Waals surface area contributed by atoms with Crippen molar-refractivity contribution in [1.29, 1.82) is 0 Å². The number of amides is 1. The number of likely N-dealkylation sites (N-methyl/N-ethyl adjacent to an activating group) is 1. The lowest BCUT2D eigenvalue weighted by Crippen LogP contribution is -2.53. The molecule has 0 aromatic heterocycles. The van der Waals surface area contributed by atoms with Gasteiger partial charge in [0.2, 0.25) is 5.91 Å². The van der Waals surface area contributed by atoms with E-state index in [9.17, 15) is 4.79 Å². The van der Waals surface area contributed by atoms with Gasteiger partial charge in [-0.25, -0.2) is 0 Å². The summed E-state index contributed by atoms with van der Waals surface area (Å²) < 4.78 is 0. The average Bonchev–Trinajstić information content (AvgIpc) is 2.54. The predicted molar refractivity (Wildman–Crippen MR) is 90.3 cm³/mol. The third-order valence-corrected chi connectivity index (χ3v) is 4.63. The molecule has 22 heavy (non-hydrogen) atoms. The number of benzene rings is 1. The molecule has 1 unspecified atom stereocenters. The quantitative estimate of drug-likeness (QED) is 0.906. The first-order valence-corrected chi connectivity index (χ1v) is 8.27. The molecule has 1 aromatic rings. The molecule has 4 nitrogen and oxygen atoms in total. The summed E-state index contributed by atoms with van der Waals surface area (Å²) in [6, 6.07) is 10.4. The van der Waals surface area contributed by atoms with Gasteiger partial charge in [-0.15, -0.1) is 0 Å². The van der Waals surface area contributed by atoms with Crippen LogP contribution in [-0.4, -0.2) is 47.9 Å². The third-order valence-electron chi connectivity index (χ3n) is 4.63. The Hall–Kier alpha value is -1.39. The molecule has 122 valence electrons. The highest BCUT2D eigenvalue weighted by molar-refractivity contribution is 5.82. The fraction of sp³-hybridized carbons (Fsp3) is 0.611. The van der Waals surface area contributed by atoms with Gasteiger partial charge >= 0.3 is 0 Å². The lowest BCUT2D eigenvalue weighted by molar-refractivity contribution is -0.135. The van der Waals surface area contributed by atoms with Crippen LogP contribution < -0.4 is 5.73 Å². The molecule has 2 atom stereocenters. The average molecular weight is 303 g/mol. The van der Waals surface area contributed by atoms with E-state index >= 15 is 0 Å². The van der Waals surface area contributed by atoms with E-state index in [1.54, 1.807) is 0 Å². The Morgan fingerprint density at radius 3 is 2.68 bits per heavy atom. The molecule has 4 heteroatoms. The second kappa shape index (κ2) is 7.75. The SMILES string of the molecule is CC(C)[C@H](N)C(=O)N(C)C1CCCN(Cc2ccccc2)C1. The normalized spacial score (nSPS) is 20.9. The molecule has 0 bridgehead atoms. The highest BCUT2D eigenvalue weighted by Gasteiger charge is 2.29. The van der Waals surface area contributed by atoms with E-state index in [4.69, 9.17) is 5.73 Å². The molecule has 1 aliphatic heterocycles. The zero-order valence-corrected chi connectivity index (χ0v) is 14.0. The van der Waals surface area contributed by atoms with Gasteiger partial charge in [0.25, 0.3) is 0 Å². The van der Waals surface area contributed by atoms with Crippen LogP contribution in [-0.2, 0) is 11.3 Å². The van der Waals surface area contributed by atoms with Crippen molar-refractivity contribution < 1.29 is 4.79 Å². The molecule has 0 aliphatic carbocycles. The van der Waals surface area contributed by atoms with E-state index in [1.807, 2.05) is 31.9 Å². The number of carbonyl (C=O) groups excluding carboxylic acids is 1. The smallest absolute Gasteiger partial charge is 0.239 e. The summed E-state index contributed by atoms with van der Waals surface area (Å²) in [5.41, 5.74) is 7.35. The van der Waals surface area contributed by atoms with Crippen LogP contribution in [0.15, 0.2) is 30.3 Å². The van der Waals surface area contributed by atoms with Crippen LogP contribution in [0.1, 0.15) is 32.3 Å². The summed E-state index contributed by atoms with van der Waals surface area (Å²) in [7, 11) is 1.90. The minimum atomic E-state index is -0.394. The molecule has 1 aliphatic rings. The van der Waals surface area contributed by atoms with Crippen molar-refractivity contribution in [2.24, 2.45) is 11.7 Å². The van der Waals surface area contributed by atoms with Gasteiger partial charge in [0.15, 0.2) is 0 Å². The van der Waals surface area contributed by atoms with Crippen LogP contribution in [0.4, 0.5) is 0 Å². The molecule has 0 spiro atoms. The van der Waals surface area contributed by atoms with Crippen LogP contribution >= 0.6 is 0 Å². The lowest BCUT2D eigenvalue weighted by atomic mass is 10.00. The summed E-state index contributed by atoms with van der Waals surface area (Å²) >= 11 is 0. The maximum atomic E-state index is 12.4. The molecule has 0 radical (unpaired) electrons. The number of piperidine rings is 1. The minimum absolute atomic E-state index is 0.0709. The topological polar surface area (TPSA) is 49.6 Å². The van der Waals surface area contributed by atoms with Crippen molar-refractivity contribution >= 4 is 5.91 Å². The van der Waals surface area contributed by atoms with Crippen molar-refractivity contribution in [2.45, 2.75) is 45.3 Å². The fourth-order valence-electron chi connectivity index (χ4n) is 3.03. The monoisotopic (exact) mass is 303 g/mol. The van der Waals surface area contributed by atoms with Crippen molar-refractivity contribution in [3.8, 4) is 0 Å². The summed E-state index contributed by atoms with van der Waals surface area (Å²) in [6.07, 6.45) is 2.20. The first kappa shape index (κ1) is 17.0. The Kier molecular flexibility index (Phi) is 5.98. The first-order valence-electron chi connectivity index (χ1n) is 8.27. The zero-order valence-electron chi connectivity index (χ0n) is 14.0. The lowest BCUT2D eigenvalue weighted by Gasteiger charge is -2.39. The maximum absolute atomic E-state index is 12.4. The van der Waals surface area contributed by atoms with Gasteiger partial charge in [-0.05, 0) is 30.9 Å². The Morgan fingerprint density at radius 2 is 2.05 bits per heavy atom. The summed E-state index contributed by atoms with van der Waals surface area (Å²) in [4.78, 5) is 16.7. The van der Waals surface area contributed by atoms with E-state index in [0.717, 1.165) is 32.5 Å². The molecule has 1 saturated heterocycles. The molecule has 1 aromatic carbocycles. The summed E-state index contributed by atoms with van der Waals surface area (Å²) in [5, 5.41) is 0. The van der Waals surface area contributed by atoms with E-state index in [2.05, 4.69) is 29.2 Å². The second-order valence-corrected chi connectivity index (χ2v) is 6.74. The second-order valence-electron chi connectivity index (χ2n) is 6.74. The Morgan fingerprint density at radius 1 is 1.36 bits per heavy atom. The van der Waals surface area contributed by atoms with Crippen LogP contribution in [0.3, 0.4) is 0 Å². The van der Waals surface area contributed by atoms with Gasteiger partial charge in [-0.3, -0.25) is 9.69 Å². The number of nitrogens with zero attached hydrogens (tertiary/aromatic N) is 2. The van der Waals surface area contributed by atoms with Crippen molar-refractivity contribution in [2.75, 3.05) is 20.1 Å². The number of hydrogen-bond donors (Lipinski definition) is 1. The van der Waals surface area contributed by atoms with E-state index in [1.165, 1.54) is 5.56 Å². The molecule has 1 heterocycles. The van der Waals surface area contributed by atoms with Crippen LogP contribution in [0.2, 0.25) is 0 Å². The standard InChI is InChI=1S/C18H29N3O/c1-14(2)17(19)18(22)20(3)16-10-7-11-21(13-16)12-15-8-5-4-6-9-15/h4-6,8-9,14,16-17H,7,10-13,19H2,1-3H3/t16?,17-/m0/s1. The predicted octanol–water partition coefficient (Wildman–Crippen LogP) is 2.09. The van der Waals surface area contributed by atoms with E-state index < -0.39 is 6.04 Å². The van der Waals surface area contributed by atoms with Gasteiger partial charge in [0.05, 0.1) is 6.04 Å². The Balaban J connectivity index is 1.94. The molecular weight excluding hydrogens is 274 g/mol. The number of likely N-dealkylation sites (tertiary alicyclic amines) is 1. The van der Waals surface area contributed by atoms with Crippen molar-refractivity contribution in [3.05, 3.63) is 35.9 Å². The molecule has 1 amide bonds. The van der Waals surface area contributed by atoms with Crippen LogP contribution in [0.25, 0.3) is 0 Å². The van der Waals surface area contributed by atoms with Crippen LogP contribution in [0, 0.1) is 5.92 Å². The van der Waals surface area contributed by atoms with Crippen molar-refractivity contribution in [3.63, 3.8) is 0 Å². The first-order chi connectivity index (χ1) is 10.5. The largest absolute Gasteiger partial charge is 0.340 e. The number of hydrogen-bond acceptors (Lipinski definition) is 3. The van der Waals surface area contributed by atoms with Crippen LogP contribution in [0.5, 0.6) is 0 Å². The maximum Gasteiger partial charge on any atom is 0.239 e. The number of carbonyl (C=O) groups is 1. The highest BCUT2D eigenvalue weighted by Crippen LogP contribution is 2.18. The van der Waals surface area contributed by atoms with Gasteiger partial charge in [-0.2, -0.15) is 0 Å². The Labute approximate surface area is 134 Å². The Bertz CT molecular complexity index is 474. The van der Waals surface area contributed by atoms with Gasteiger partial charge in [0.1, 0.15) is 0 Å². The third kappa shape index (κ3) is 4.31. The molecule has 0 saturated carbocycles. The minimum Gasteiger partial charge on any atom is -0.340 e.